The van der Waals surface area contributed by atoms with E-state index >= 15 is 0 Å². The molecule has 2 N–H and O–H groups in total. The fourth-order valence-corrected chi connectivity index (χ4v) is 3.02. The molecule has 3 aromatic rings. The van der Waals surface area contributed by atoms with Crippen LogP contribution >= 0.6 is 0 Å². The highest BCUT2D eigenvalue weighted by molar-refractivity contribution is 5.79. The van der Waals surface area contributed by atoms with Gasteiger partial charge in [0.1, 0.15) is 5.75 Å². The second-order valence-electron chi connectivity index (χ2n) is 6.72. The lowest BCUT2D eigenvalue weighted by Crippen LogP contribution is -2.39. The summed E-state index contributed by atoms with van der Waals surface area (Å²) in [5.74, 6) is 0.811. The number of amides is 1. The van der Waals surface area contributed by atoms with Gasteiger partial charge in [0.15, 0.2) is 5.82 Å². The van der Waals surface area contributed by atoms with Crippen molar-refractivity contribution >= 4 is 5.91 Å². The number of tetrazole rings is 1. The molecule has 1 amide bonds. The molecule has 158 valence electrons. The highest BCUT2D eigenvalue weighted by Gasteiger charge is 2.30. The van der Waals surface area contributed by atoms with Gasteiger partial charge in [-0.15, -0.1) is 10.2 Å². The normalized spacial score (nSPS) is 12.4. The van der Waals surface area contributed by atoms with Crippen LogP contribution in [0.15, 0.2) is 48.5 Å². The van der Waals surface area contributed by atoms with Gasteiger partial charge < -0.3 is 10.1 Å². The standard InChI is InChI=1S/C20H20F3N5O2/c1-30-17-4-2-3-14(10-17)11-19(29)24-16(12-18-25-27-28-26-18)9-13-5-7-15(8-6-13)20(21,22)23/h2-8,10,16H,9,11-12H2,1H3,(H,24,29)(H,25,26,27,28). The van der Waals surface area contributed by atoms with Crippen LogP contribution in [-0.2, 0) is 30.2 Å². The van der Waals surface area contributed by atoms with Crippen molar-refractivity contribution in [1.82, 2.24) is 25.9 Å². The topological polar surface area (TPSA) is 92.8 Å². The Balaban J connectivity index is 1.69. The fourth-order valence-electron chi connectivity index (χ4n) is 3.02. The summed E-state index contributed by atoms with van der Waals surface area (Å²) in [6.07, 6.45) is -3.67. The molecule has 2 aromatic carbocycles. The van der Waals surface area contributed by atoms with Crippen molar-refractivity contribution in [2.75, 3.05) is 7.11 Å². The quantitative estimate of drug-likeness (QED) is 0.586. The molecule has 10 heteroatoms. The summed E-state index contributed by atoms with van der Waals surface area (Å²) in [4.78, 5) is 12.6. The molecule has 0 aliphatic carbocycles. The molecule has 0 fully saturated rings. The van der Waals surface area contributed by atoms with E-state index in [1.54, 1.807) is 25.3 Å². The van der Waals surface area contributed by atoms with Crippen LogP contribution in [-0.4, -0.2) is 39.7 Å². The van der Waals surface area contributed by atoms with E-state index in [2.05, 4.69) is 25.9 Å². The molecule has 0 aliphatic heterocycles. The molecule has 0 saturated carbocycles. The molecule has 30 heavy (non-hydrogen) atoms. The number of nitrogens with zero attached hydrogens (tertiary/aromatic N) is 3. The van der Waals surface area contributed by atoms with Gasteiger partial charge in [0.05, 0.1) is 19.1 Å². The van der Waals surface area contributed by atoms with Gasteiger partial charge in [-0.1, -0.05) is 29.5 Å². The molecule has 1 unspecified atom stereocenters. The van der Waals surface area contributed by atoms with Gasteiger partial charge in [0.2, 0.25) is 5.91 Å². The van der Waals surface area contributed by atoms with Gasteiger partial charge in [-0.3, -0.25) is 4.79 Å². The summed E-state index contributed by atoms with van der Waals surface area (Å²) < 4.78 is 43.5. The molecule has 0 saturated heterocycles. The molecule has 1 heterocycles. The Kier molecular flexibility index (Phi) is 6.65. The Morgan fingerprint density at radius 1 is 1.13 bits per heavy atom. The average molecular weight is 419 g/mol. The van der Waals surface area contributed by atoms with E-state index < -0.39 is 17.8 Å². The van der Waals surface area contributed by atoms with E-state index in [0.29, 0.717) is 23.6 Å². The van der Waals surface area contributed by atoms with E-state index in [-0.39, 0.29) is 18.7 Å². The predicted molar refractivity (Wildman–Crippen MR) is 102 cm³/mol. The van der Waals surface area contributed by atoms with Crippen molar-refractivity contribution in [2.45, 2.75) is 31.5 Å². The van der Waals surface area contributed by atoms with Gasteiger partial charge in [-0.25, -0.2) is 0 Å². The largest absolute Gasteiger partial charge is 0.497 e. The fraction of sp³-hybridized carbons (Fsp3) is 0.300. The third kappa shape index (κ3) is 6.03. The van der Waals surface area contributed by atoms with Crippen LogP contribution in [0.2, 0.25) is 0 Å². The number of carbonyl (C=O) groups is 1. The molecule has 1 aromatic heterocycles. The van der Waals surface area contributed by atoms with Crippen LogP contribution in [0.5, 0.6) is 5.75 Å². The monoisotopic (exact) mass is 419 g/mol. The van der Waals surface area contributed by atoms with Gasteiger partial charge in [-0.2, -0.15) is 18.4 Å². The molecule has 0 aliphatic rings. The highest BCUT2D eigenvalue weighted by atomic mass is 19.4. The first-order chi connectivity index (χ1) is 14.3. The van der Waals surface area contributed by atoms with Crippen LogP contribution < -0.4 is 10.1 Å². The van der Waals surface area contributed by atoms with Crippen molar-refractivity contribution in [1.29, 1.82) is 0 Å². The highest BCUT2D eigenvalue weighted by Crippen LogP contribution is 2.29. The Morgan fingerprint density at radius 3 is 2.53 bits per heavy atom. The van der Waals surface area contributed by atoms with E-state index in [1.807, 2.05) is 6.07 Å². The molecule has 7 nitrogen and oxygen atoms in total. The van der Waals surface area contributed by atoms with E-state index in [0.717, 1.165) is 17.7 Å². The van der Waals surface area contributed by atoms with Crippen LogP contribution in [0.1, 0.15) is 22.5 Å². The maximum absolute atomic E-state index is 12.8. The number of H-pyrrole nitrogens is 1. The summed E-state index contributed by atoms with van der Waals surface area (Å²) >= 11 is 0. The minimum absolute atomic E-state index is 0.132. The number of ether oxygens (including phenoxy) is 1. The molecule has 0 bridgehead atoms. The third-order valence-electron chi connectivity index (χ3n) is 4.45. The molecular formula is C20H20F3N5O2. The number of alkyl halides is 3. The first-order valence-electron chi connectivity index (χ1n) is 9.14. The van der Waals surface area contributed by atoms with Crippen LogP contribution in [0.25, 0.3) is 0 Å². The lowest BCUT2D eigenvalue weighted by Gasteiger charge is -2.18. The second-order valence-corrected chi connectivity index (χ2v) is 6.72. The molecule has 0 spiro atoms. The van der Waals surface area contributed by atoms with E-state index in [1.165, 1.54) is 12.1 Å². The number of rotatable bonds is 8. The average Bonchev–Trinajstić information content (AvgIpc) is 3.20. The summed E-state index contributed by atoms with van der Waals surface area (Å²) in [6, 6.07) is 11.6. The van der Waals surface area contributed by atoms with Crippen molar-refractivity contribution < 1.29 is 22.7 Å². The number of halogens is 3. The zero-order chi connectivity index (χ0) is 21.6. The van der Waals surface area contributed by atoms with Gasteiger partial charge in [0.25, 0.3) is 0 Å². The Bertz CT molecular complexity index is 959. The summed E-state index contributed by atoms with van der Waals surface area (Å²) in [6.45, 7) is 0. The van der Waals surface area contributed by atoms with Gasteiger partial charge in [-0.05, 0) is 41.8 Å². The maximum atomic E-state index is 12.8. The Morgan fingerprint density at radius 2 is 1.90 bits per heavy atom. The first kappa shape index (κ1) is 21.3. The van der Waals surface area contributed by atoms with Crippen molar-refractivity contribution in [3.05, 3.63) is 71.0 Å². The van der Waals surface area contributed by atoms with E-state index in [9.17, 15) is 18.0 Å². The van der Waals surface area contributed by atoms with Gasteiger partial charge in [0, 0.05) is 12.5 Å². The van der Waals surface area contributed by atoms with Gasteiger partial charge >= 0.3 is 6.18 Å². The number of hydrogen-bond donors (Lipinski definition) is 2. The lowest BCUT2D eigenvalue weighted by molar-refractivity contribution is -0.137. The number of hydrogen-bond acceptors (Lipinski definition) is 5. The minimum atomic E-state index is -4.40. The number of benzene rings is 2. The van der Waals surface area contributed by atoms with Crippen LogP contribution in [0.4, 0.5) is 13.2 Å². The minimum Gasteiger partial charge on any atom is -0.497 e. The zero-order valence-corrected chi connectivity index (χ0v) is 16.1. The third-order valence-corrected chi connectivity index (χ3v) is 4.45. The number of carbonyl (C=O) groups excluding carboxylic acids is 1. The van der Waals surface area contributed by atoms with Crippen molar-refractivity contribution in [3.8, 4) is 5.75 Å². The van der Waals surface area contributed by atoms with Crippen molar-refractivity contribution in [2.24, 2.45) is 0 Å². The SMILES string of the molecule is COc1cccc(CC(=O)NC(Cc2ccc(C(F)(F)F)cc2)Cc2nn[nH]n2)c1. The summed E-state index contributed by atoms with van der Waals surface area (Å²) in [5, 5.41) is 16.5. The zero-order valence-electron chi connectivity index (χ0n) is 16.1. The Labute approximate surface area is 170 Å². The van der Waals surface area contributed by atoms with Crippen LogP contribution in [0.3, 0.4) is 0 Å². The summed E-state index contributed by atoms with van der Waals surface area (Å²) in [5.41, 5.74) is 0.709. The predicted octanol–water partition coefficient (Wildman–Crippen LogP) is 2.74. The Hall–Kier alpha value is -3.43. The maximum Gasteiger partial charge on any atom is 0.416 e. The number of nitrogens with one attached hydrogen (secondary N) is 2. The molecule has 0 radical (unpaired) electrons. The van der Waals surface area contributed by atoms with E-state index in [4.69, 9.17) is 4.74 Å². The molecule has 3 rings (SSSR count). The summed E-state index contributed by atoms with van der Waals surface area (Å²) in [7, 11) is 1.55. The molecule has 1 atom stereocenters. The van der Waals surface area contributed by atoms with Crippen LogP contribution in [0, 0.1) is 0 Å². The lowest BCUT2D eigenvalue weighted by atomic mass is 10.0. The number of methoxy groups -OCH3 is 1. The smallest absolute Gasteiger partial charge is 0.416 e. The van der Waals surface area contributed by atoms with Crippen molar-refractivity contribution in [3.63, 3.8) is 0 Å². The molecular weight excluding hydrogens is 399 g/mol. The number of aromatic amines is 1. The number of aromatic nitrogens is 4. The second kappa shape index (κ2) is 9.38. The first-order valence-corrected chi connectivity index (χ1v) is 9.14.